The summed E-state index contributed by atoms with van der Waals surface area (Å²) in [5, 5.41) is 0.458. The highest BCUT2D eigenvalue weighted by Gasteiger charge is 2.42. The Morgan fingerprint density at radius 2 is 2.07 bits per heavy atom. The van der Waals surface area contributed by atoms with Crippen molar-refractivity contribution in [2.45, 2.75) is 6.04 Å². The largest absolute Gasteiger partial charge is 0.450 e. The maximum Gasteiger partial charge on any atom is 0.290 e. The van der Waals surface area contributed by atoms with Gasteiger partial charge in [-0.05, 0) is 43.9 Å². The molecule has 1 aromatic carbocycles. The van der Waals surface area contributed by atoms with E-state index in [4.69, 9.17) is 4.42 Å². The topological polar surface area (TPSA) is 66.7 Å². The molecule has 2 aromatic heterocycles. The molecule has 138 valence electrons. The summed E-state index contributed by atoms with van der Waals surface area (Å²) in [6.45, 7) is 1.16. The van der Waals surface area contributed by atoms with E-state index in [1.54, 1.807) is 41.6 Å². The number of amides is 1. The minimum Gasteiger partial charge on any atom is -0.450 e. The molecule has 3 heterocycles. The number of fused-ring (bicyclic) bond motifs is 2. The molecule has 0 aliphatic carbocycles. The van der Waals surface area contributed by atoms with Gasteiger partial charge in [-0.15, -0.1) is 0 Å². The Balaban J connectivity index is 1.95. The van der Waals surface area contributed by atoms with Gasteiger partial charge in [0.05, 0.1) is 17.0 Å². The number of likely N-dealkylation sites (N-methyl/N-ethyl adjacent to an activating group) is 1. The molecule has 1 aliphatic rings. The summed E-state index contributed by atoms with van der Waals surface area (Å²) in [7, 11) is 3.89. The van der Waals surface area contributed by atoms with E-state index in [1.165, 1.54) is 0 Å². The van der Waals surface area contributed by atoms with E-state index in [1.807, 2.05) is 25.1 Å². The zero-order valence-electron chi connectivity index (χ0n) is 15.0. The first-order chi connectivity index (χ1) is 13.0. The number of hydrogen-bond donors (Lipinski definition) is 0. The van der Waals surface area contributed by atoms with Crippen molar-refractivity contribution in [2.24, 2.45) is 0 Å². The summed E-state index contributed by atoms with van der Waals surface area (Å²) in [5.41, 5.74) is 1.42. The van der Waals surface area contributed by atoms with E-state index in [0.717, 1.165) is 10.0 Å². The highest BCUT2D eigenvalue weighted by molar-refractivity contribution is 9.10. The number of rotatable bonds is 4. The number of nitrogens with zero attached hydrogens (tertiary/aromatic N) is 3. The van der Waals surface area contributed by atoms with Crippen LogP contribution in [0, 0.1) is 0 Å². The highest BCUT2D eigenvalue weighted by Crippen LogP contribution is 2.37. The van der Waals surface area contributed by atoms with Crippen LogP contribution in [0.3, 0.4) is 0 Å². The zero-order chi connectivity index (χ0) is 19.1. The second-order valence-corrected chi connectivity index (χ2v) is 7.72. The molecule has 0 unspecified atom stereocenters. The Morgan fingerprint density at radius 3 is 2.78 bits per heavy atom. The molecule has 27 heavy (non-hydrogen) atoms. The first kappa shape index (κ1) is 17.9. The van der Waals surface area contributed by atoms with Gasteiger partial charge in [0, 0.05) is 30.0 Å². The third kappa shape index (κ3) is 3.07. The van der Waals surface area contributed by atoms with Crippen molar-refractivity contribution in [1.29, 1.82) is 0 Å². The lowest BCUT2D eigenvalue weighted by Crippen LogP contribution is -2.35. The quantitative estimate of drug-likeness (QED) is 0.639. The molecular weight excluding hydrogens is 410 g/mol. The molecule has 0 N–H and O–H groups in total. The standard InChI is InChI=1S/C20H18BrN3O3/c1-23(2)8-9-24-17(12-4-3-7-22-11-12)16-18(25)14-10-13(21)5-6-15(14)27-19(16)20(24)26/h3-7,10-11,17H,8-9H2,1-2H3/t17-/m0/s1. The number of pyridine rings is 1. The van der Waals surface area contributed by atoms with Crippen molar-refractivity contribution >= 4 is 32.8 Å². The van der Waals surface area contributed by atoms with Crippen molar-refractivity contribution in [3.63, 3.8) is 0 Å². The Labute approximate surface area is 164 Å². The summed E-state index contributed by atoms with van der Waals surface area (Å²) in [6.07, 6.45) is 3.37. The van der Waals surface area contributed by atoms with E-state index >= 15 is 0 Å². The summed E-state index contributed by atoms with van der Waals surface area (Å²) < 4.78 is 6.68. The predicted octanol–water partition coefficient (Wildman–Crippen LogP) is 3.06. The molecule has 1 aliphatic heterocycles. The van der Waals surface area contributed by atoms with Crippen molar-refractivity contribution in [3.8, 4) is 0 Å². The van der Waals surface area contributed by atoms with E-state index in [0.29, 0.717) is 29.6 Å². The average molecular weight is 428 g/mol. The Bertz CT molecular complexity index is 1080. The molecule has 4 rings (SSSR count). The van der Waals surface area contributed by atoms with Crippen LogP contribution in [0.2, 0.25) is 0 Å². The molecule has 0 radical (unpaired) electrons. The molecule has 1 amide bonds. The van der Waals surface area contributed by atoms with Gasteiger partial charge in [0.1, 0.15) is 5.58 Å². The summed E-state index contributed by atoms with van der Waals surface area (Å²) >= 11 is 3.40. The lowest BCUT2D eigenvalue weighted by molar-refractivity contribution is 0.0716. The van der Waals surface area contributed by atoms with Crippen LogP contribution < -0.4 is 5.43 Å². The number of halogens is 1. The van der Waals surface area contributed by atoms with Crippen LogP contribution in [0.1, 0.15) is 27.7 Å². The summed E-state index contributed by atoms with van der Waals surface area (Å²) in [6, 6.07) is 8.42. The summed E-state index contributed by atoms with van der Waals surface area (Å²) in [5.74, 6) is -0.134. The molecule has 0 saturated carbocycles. The van der Waals surface area contributed by atoms with Gasteiger partial charge in [-0.25, -0.2) is 0 Å². The van der Waals surface area contributed by atoms with Gasteiger partial charge in [0.25, 0.3) is 5.91 Å². The van der Waals surface area contributed by atoms with Gasteiger partial charge in [-0.2, -0.15) is 0 Å². The van der Waals surface area contributed by atoms with Crippen molar-refractivity contribution in [1.82, 2.24) is 14.8 Å². The normalized spacial score (nSPS) is 16.4. The smallest absolute Gasteiger partial charge is 0.290 e. The number of carbonyl (C=O) groups excluding carboxylic acids is 1. The van der Waals surface area contributed by atoms with E-state index in [-0.39, 0.29) is 17.1 Å². The van der Waals surface area contributed by atoms with Crippen LogP contribution in [0.5, 0.6) is 0 Å². The van der Waals surface area contributed by atoms with Gasteiger partial charge in [-0.3, -0.25) is 14.6 Å². The molecule has 1 atom stereocenters. The van der Waals surface area contributed by atoms with Crippen LogP contribution in [0.4, 0.5) is 0 Å². The average Bonchev–Trinajstić information content (AvgIpc) is 2.94. The first-order valence-electron chi connectivity index (χ1n) is 8.59. The van der Waals surface area contributed by atoms with Crippen LogP contribution in [-0.4, -0.2) is 47.9 Å². The van der Waals surface area contributed by atoms with Crippen molar-refractivity contribution in [3.05, 3.63) is 74.3 Å². The van der Waals surface area contributed by atoms with Gasteiger partial charge >= 0.3 is 0 Å². The SMILES string of the molecule is CN(C)CCN1C(=O)c2oc3ccc(Br)cc3c(=O)c2[C@@H]1c1cccnc1. The zero-order valence-corrected chi connectivity index (χ0v) is 16.6. The Hall–Kier alpha value is -2.51. The van der Waals surface area contributed by atoms with Crippen LogP contribution in [-0.2, 0) is 0 Å². The second kappa shape index (κ2) is 6.90. The lowest BCUT2D eigenvalue weighted by Gasteiger charge is -2.26. The van der Waals surface area contributed by atoms with Gasteiger partial charge in [0.2, 0.25) is 5.76 Å². The van der Waals surface area contributed by atoms with E-state index in [9.17, 15) is 9.59 Å². The minimum absolute atomic E-state index is 0.127. The molecular formula is C20H18BrN3O3. The monoisotopic (exact) mass is 427 g/mol. The van der Waals surface area contributed by atoms with Crippen molar-refractivity contribution in [2.75, 3.05) is 27.2 Å². The number of carbonyl (C=O) groups is 1. The summed E-state index contributed by atoms with van der Waals surface area (Å²) in [4.78, 5) is 34.3. The minimum atomic E-state index is -0.499. The number of benzene rings is 1. The van der Waals surface area contributed by atoms with Gasteiger partial charge < -0.3 is 14.2 Å². The lowest BCUT2D eigenvalue weighted by atomic mass is 10.00. The fourth-order valence-corrected chi connectivity index (χ4v) is 3.78. The molecule has 6 nitrogen and oxygen atoms in total. The second-order valence-electron chi connectivity index (χ2n) is 6.81. The fraction of sp³-hybridized carbons (Fsp3) is 0.250. The Morgan fingerprint density at radius 1 is 1.26 bits per heavy atom. The van der Waals surface area contributed by atoms with Crippen molar-refractivity contribution < 1.29 is 9.21 Å². The van der Waals surface area contributed by atoms with Crippen LogP contribution >= 0.6 is 15.9 Å². The predicted molar refractivity (Wildman–Crippen MR) is 106 cm³/mol. The highest BCUT2D eigenvalue weighted by atomic mass is 79.9. The van der Waals surface area contributed by atoms with Crippen LogP contribution in [0.15, 0.2) is 56.4 Å². The van der Waals surface area contributed by atoms with Crippen LogP contribution in [0.25, 0.3) is 11.0 Å². The molecule has 0 saturated heterocycles. The third-order valence-corrected chi connectivity index (χ3v) is 5.21. The van der Waals surface area contributed by atoms with E-state index < -0.39 is 6.04 Å². The molecule has 0 spiro atoms. The number of hydrogen-bond acceptors (Lipinski definition) is 5. The fourth-order valence-electron chi connectivity index (χ4n) is 3.42. The van der Waals surface area contributed by atoms with E-state index in [2.05, 4.69) is 20.9 Å². The van der Waals surface area contributed by atoms with Gasteiger partial charge in [-0.1, -0.05) is 22.0 Å². The maximum atomic E-state index is 13.3. The maximum absolute atomic E-state index is 13.3. The number of aromatic nitrogens is 1. The molecule has 0 fully saturated rings. The first-order valence-corrected chi connectivity index (χ1v) is 9.38. The molecule has 7 heteroatoms. The third-order valence-electron chi connectivity index (χ3n) is 4.72. The molecule has 3 aromatic rings. The molecule has 0 bridgehead atoms. The van der Waals surface area contributed by atoms with Gasteiger partial charge in [0.15, 0.2) is 5.43 Å². The Kier molecular flexibility index (Phi) is 4.57.